The summed E-state index contributed by atoms with van der Waals surface area (Å²) < 4.78 is 5.27. The quantitative estimate of drug-likeness (QED) is 0.892. The Morgan fingerprint density at radius 1 is 1.40 bits per heavy atom. The molecule has 1 aromatic rings. The molecule has 0 aliphatic rings. The molecule has 0 saturated carbocycles. The molecule has 82 valence electrons. The van der Waals surface area contributed by atoms with Crippen LogP contribution in [0.1, 0.15) is 12.5 Å². The van der Waals surface area contributed by atoms with Crippen molar-refractivity contribution in [3.8, 4) is 5.75 Å². The van der Waals surface area contributed by atoms with E-state index in [1.807, 2.05) is 6.92 Å². The van der Waals surface area contributed by atoms with E-state index in [0.717, 1.165) is 0 Å². The third-order valence-electron chi connectivity index (χ3n) is 1.74. The van der Waals surface area contributed by atoms with Gasteiger partial charge in [0.15, 0.2) is 0 Å². The van der Waals surface area contributed by atoms with Gasteiger partial charge in [-0.15, -0.1) is 0 Å². The van der Waals surface area contributed by atoms with Crippen LogP contribution in [0.5, 0.6) is 5.75 Å². The molecule has 0 unspecified atom stereocenters. The maximum Gasteiger partial charge on any atom is 0.307 e. The fourth-order valence-electron chi connectivity index (χ4n) is 1.16. The number of ether oxygens (including phenoxy) is 1. The number of carboxylic acid groups (broad SMARTS) is 1. The Hall–Kier alpha value is -0.930. The minimum atomic E-state index is -0.936. The van der Waals surface area contributed by atoms with Crippen molar-refractivity contribution in [1.29, 1.82) is 0 Å². The number of hydrogen-bond acceptors (Lipinski definition) is 2. The van der Waals surface area contributed by atoms with Gasteiger partial charge in [-0.1, -0.05) is 23.2 Å². The second kappa shape index (κ2) is 5.24. The SMILES string of the molecule is CCOc1cc(Cl)c(Cl)cc1CC(=O)O. The van der Waals surface area contributed by atoms with Crippen LogP contribution in [-0.2, 0) is 11.2 Å². The molecule has 0 aliphatic heterocycles. The fraction of sp³-hybridized carbons (Fsp3) is 0.300. The predicted molar refractivity (Wildman–Crippen MR) is 59.0 cm³/mol. The summed E-state index contributed by atoms with van der Waals surface area (Å²) in [7, 11) is 0. The van der Waals surface area contributed by atoms with Gasteiger partial charge in [0, 0.05) is 11.6 Å². The molecule has 1 rings (SSSR count). The summed E-state index contributed by atoms with van der Waals surface area (Å²) in [5.41, 5.74) is 0.527. The van der Waals surface area contributed by atoms with E-state index in [2.05, 4.69) is 0 Å². The number of carboxylic acids is 1. The summed E-state index contributed by atoms with van der Waals surface area (Å²) in [5, 5.41) is 9.37. The highest BCUT2D eigenvalue weighted by atomic mass is 35.5. The Labute approximate surface area is 97.6 Å². The van der Waals surface area contributed by atoms with Crippen LogP contribution in [0.15, 0.2) is 12.1 Å². The summed E-state index contributed by atoms with van der Waals surface area (Å²) in [6.45, 7) is 2.26. The fourth-order valence-corrected chi connectivity index (χ4v) is 1.50. The van der Waals surface area contributed by atoms with Crippen LogP contribution in [0, 0.1) is 0 Å². The van der Waals surface area contributed by atoms with Crippen molar-refractivity contribution in [1.82, 2.24) is 0 Å². The maximum atomic E-state index is 10.6. The average Bonchev–Trinajstić information content (AvgIpc) is 2.13. The smallest absolute Gasteiger partial charge is 0.307 e. The maximum absolute atomic E-state index is 10.6. The van der Waals surface area contributed by atoms with Crippen LogP contribution in [-0.4, -0.2) is 17.7 Å². The van der Waals surface area contributed by atoms with Gasteiger partial charge in [0.2, 0.25) is 0 Å². The molecule has 0 aromatic heterocycles. The molecule has 0 spiro atoms. The van der Waals surface area contributed by atoms with Gasteiger partial charge >= 0.3 is 5.97 Å². The molecule has 0 bridgehead atoms. The van der Waals surface area contributed by atoms with Crippen LogP contribution in [0.4, 0.5) is 0 Å². The van der Waals surface area contributed by atoms with E-state index >= 15 is 0 Å². The number of rotatable bonds is 4. The first kappa shape index (κ1) is 12.1. The number of aliphatic carboxylic acids is 1. The van der Waals surface area contributed by atoms with Gasteiger partial charge in [-0.2, -0.15) is 0 Å². The molecule has 5 heteroatoms. The second-order valence-corrected chi connectivity index (χ2v) is 3.69. The van der Waals surface area contributed by atoms with Gasteiger partial charge in [-0.3, -0.25) is 4.79 Å². The third kappa shape index (κ3) is 3.29. The molecule has 0 fully saturated rings. The minimum Gasteiger partial charge on any atom is -0.494 e. The average molecular weight is 249 g/mol. The van der Waals surface area contributed by atoms with Crippen LogP contribution in [0.2, 0.25) is 10.0 Å². The predicted octanol–water partition coefficient (Wildman–Crippen LogP) is 3.02. The van der Waals surface area contributed by atoms with Crippen LogP contribution < -0.4 is 4.74 Å². The number of hydrogen-bond donors (Lipinski definition) is 1. The molecule has 15 heavy (non-hydrogen) atoms. The van der Waals surface area contributed by atoms with Crippen molar-refractivity contribution in [2.45, 2.75) is 13.3 Å². The molecule has 1 aromatic carbocycles. The Morgan fingerprint density at radius 3 is 2.53 bits per heavy atom. The Kier molecular flexibility index (Phi) is 4.24. The molecule has 0 amide bonds. The molecule has 0 saturated heterocycles. The normalized spacial score (nSPS) is 10.1. The van der Waals surface area contributed by atoms with E-state index < -0.39 is 5.97 Å². The van der Waals surface area contributed by atoms with Crippen molar-refractivity contribution in [3.05, 3.63) is 27.7 Å². The highest BCUT2D eigenvalue weighted by Gasteiger charge is 2.11. The summed E-state index contributed by atoms with van der Waals surface area (Å²) in [6.07, 6.45) is -0.133. The molecular weight excluding hydrogens is 239 g/mol. The number of halogens is 2. The Morgan fingerprint density at radius 2 is 2.00 bits per heavy atom. The lowest BCUT2D eigenvalue weighted by atomic mass is 10.1. The monoisotopic (exact) mass is 248 g/mol. The van der Waals surface area contributed by atoms with Gasteiger partial charge in [-0.25, -0.2) is 0 Å². The van der Waals surface area contributed by atoms with E-state index in [1.165, 1.54) is 12.1 Å². The molecular formula is C10H10Cl2O3. The Bertz CT molecular complexity index is 377. The largest absolute Gasteiger partial charge is 0.494 e. The summed E-state index contributed by atoms with van der Waals surface area (Å²) in [5.74, 6) is -0.469. The molecule has 0 radical (unpaired) electrons. The van der Waals surface area contributed by atoms with Gasteiger partial charge in [-0.05, 0) is 13.0 Å². The van der Waals surface area contributed by atoms with Crippen molar-refractivity contribution in [2.75, 3.05) is 6.61 Å². The third-order valence-corrected chi connectivity index (χ3v) is 2.47. The van der Waals surface area contributed by atoms with Gasteiger partial charge in [0.05, 0.1) is 23.1 Å². The van der Waals surface area contributed by atoms with Gasteiger partial charge in [0.1, 0.15) is 5.75 Å². The minimum absolute atomic E-state index is 0.133. The zero-order chi connectivity index (χ0) is 11.4. The Balaban J connectivity index is 3.09. The van der Waals surface area contributed by atoms with E-state index in [-0.39, 0.29) is 6.42 Å². The molecule has 1 N–H and O–H groups in total. The first-order valence-corrected chi connectivity index (χ1v) is 5.12. The van der Waals surface area contributed by atoms with Crippen molar-refractivity contribution in [3.63, 3.8) is 0 Å². The van der Waals surface area contributed by atoms with Crippen LogP contribution >= 0.6 is 23.2 Å². The lowest BCUT2D eigenvalue weighted by Gasteiger charge is -2.10. The zero-order valence-electron chi connectivity index (χ0n) is 8.09. The van der Waals surface area contributed by atoms with Crippen LogP contribution in [0.25, 0.3) is 0 Å². The zero-order valence-corrected chi connectivity index (χ0v) is 9.60. The van der Waals surface area contributed by atoms with Gasteiger partial charge < -0.3 is 9.84 Å². The van der Waals surface area contributed by atoms with Crippen LogP contribution in [0.3, 0.4) is 0 Å². The van der Waals surface area contributed by atoms with E-state index in [9.17, 15) is 4.79 Å². The number of carbonyl (C=O) groups is 1. The highest BCUT2D eigenvalue weighted by molar-refractivity contribution is 6.42. The standard InChI is InChI=1S/C10H10Cl2O3/c1-2-15-9-5-8(12)7(11)3-6(9)4-10(13)14/h3,5H,2,4H2,1H3,(H,13,14). The van der Waals surface area contributed by atoms with Crippen molar-refractivity contribution in [2.24, 2.45) is 0 Å². The lowest BCUT2D eigenvalue weighted by molar-refractivity contribution is -0.136. The van der Waals surface area contributed by atoms with Crippen molar-refractivity contribution < 1.29 is 14.6 Å². The summed E-state index contributed by atoms with van der Waals surface area (Å²) in [6, 6.07) is 3.05. The van der Waals surface area contributed by atoms with Gasteiger partial charge in [0.25, 0.3) is 0 Å². The molecule has 0 atom stereocenters. The first-order chi connectivity index (χ1) is 7.04. The first-order valence-electron chi connectivity index (χ1n) is 4.37. The molecule has 0 aliphatic carbocycles. The summed E-state index contributed by atoms with van der Waals surface area (Å²) >= 11 is 11.6. The highest BCUT2D eigenvalue weighted by Crippen LogP contribution is 2.31. The second-order valence-electron chi connectivity index (χ2n) is 2.88. The lowest BCUT2D eigenvalue weighted by Crippen LogP contribution is -2.04. The number of benzene rings is 1. The summed E-state index contributed by atoms with van der Waals surface area (Å²) in [4.78, 5) is 10.6. The van der Waals surface area contributed by atoms with E-state index in [4.69, 9.17) is 33.0 Å². The van der Waals surface area contributed by atoms with Crippen molar-refractivity contribution >= 4 is 29.2 Å². The molecule has 3 nitrogen and oxygen atoms in total. The topological polar surface area (TPSA) is 46.5 Å². The van der Waals surface area contributed by atoms with E-state index in [1.54, 1.807) is 0 Å². The van der Waals surface area contributed by atoms with E-state index in [0.29, 0.717) is 28.0 Å². The molecule has 0 heterocycles.